The van der Waals surface area contributed by atoms with Gasteiger partial charge < -0.3 is 5.73 Å². The van der Waals surface area contributed by atoms with Crippen molar-refractivity contribution in [3.05, 3.63) is 0 Å². The molecule has 0 heterocycles. The molecule has 0 spiro atoms. The van der Waals surface area contributed by atoms with Gasteiger partial charge in [-0.25, -0.2) is 0 Å². The zero-order valence-electron chi connectivity index (χ0n) is 12.1. The first-order valence-corrected chi connectivity index (χ1v) is 8.02. The molecule has 1 aliphatic carbocycles. The van der Waals surface area contributed by atoms with E-state index in [9.17, 15) is 4.79 Å². The molecule has 1 aliphatic rings. The van der Waals surface area contributed by atoms with Crippen LogP contribution in [0.3, 0.4) is 0 Å². The van der Waals surface area contributed by atoms with Crippen LogP contribution in [0, 0.1) is 11.8 Å². The highest BCUT2D eigenvalue weighted by Gasteiger charge is 2.30. The first-order valence-electron chi connectivity index (χ1n) is 8.02. The zero-order valence-corrected chi connectivity index (χ0v) is 12.1. The zero-order chi connectivity index (χ0) is 13.2. The van der Waals surface area contributed by atoms with E-state index in [1.54, 1.807) is 0 Å². The molecule has 0 aromatic rings. The molecule has 106 valence electrons. The summed E-state index contributed by atoms with van der Waals surface area (Å²) in [5.74, 6) is 1.29. The van der Waals surface area contributed by atoms with E-state index in [1.807, 2.05) is 0 Å². The molecule has 2 atom stereocenters. The SMILES string of the molecule is CCCCCCCCCC(=O)C1CCCC1CN. The predicted octanol–water partition coefficient (Wildman–Crippen LogP) is 4.07. The van der Waals surface area contributed by atoms with Gasteiger partial charge in [-0.1, -0.05) is 51.9 Å². The third-order valence-corrected chi connectivity index (χ3v) is 4.40. The number of carbonyl (C=O) groups excluding carboxylic acids is 1. The molecule has 0 amide bonds. The average molecular weight is 253 g/mol. The Hall–Kier alpha value is -0.370. The van der Waals surface area contributed by atoms with Crippen LogP contribution >= 0.6 is 0 Å². The number of hydrogen-bond donors (Lipinski definition) is 1. The third kappa shape index (κ3) is 5.51. The molecule has 0 saturated heterocycles. The number of nitrogens with two attached hydrogens (primary N) is 1. The minimum atomic E-state index is 0.301. The van der Waals surface area contributed by atoms with Crippen molar-refractivity contribution in [2.24, 2.45) is 17.6 Å². The maximum absolute atomic E-state index is 12.1. The van der Waals surface area contributed by atoms with E-state index in [0.717, 1.165) is 19.3 Å². The van der Waals surface area contributed by atoms with E-state index in [4.69, 9.17) is 5.73 Å². The van der Waals surface area contributed by atoms with Gasteiger partial charge in [0.2, 0.25) is 0 Å². The summed E-state index contributed by atoms with van der Waals surface area (Å²) in [4.78, 5) is 12.1. The Morgan fingerprint density at radius 2 is 1.72 bits per heavy atom. The Morgan fingerprint density at radius 3 is 2.39 bits per heavy atom. The number of ketones is 1. The standard InChI is InChI=1S/C16H31NO/c1-2-3-4-5-6-7-8-12-16(18)15-11-9-10-14(15)13-17/h14-15H,2-13,17H2,1H3. The summed E-state index contributed by atoms with van der Waals surface area (Å²) in [6.07, 6.45) is 13.3. The molecule has 1 rings (SSSR count). The Balaban J connectivity index is 2.03. The number of rotatable bonds is 10. The predicted molar refractivity (Wildman–Crippen MR) is 77.5 cm³/mol. The van der Waals surface area contributed by atoms with Crippen LogP contribution in [-0.4, -0.2) is 12.3 Å². The molecule has 0 aromatic carbocycles. The molecule has 0 aromatic heterocycles. The highest BCUT2D eigenvalue weighted by Crippen LogP contribution is 2.32. The number of unbranched alkanes of at least 4 members (excludes halogenated alkanes) is 6. The summed E-state index contributed by atoms with van der Waals surface area (Å²) in [5, 5.41) is 0. The molecule has 2 N–H and O–H groups in total. The fourth-order valence-corrected chi connectivity index (χ4v) is 3.18. The van der Waals surface area contributed by atoms with Crippen LogP contribution in [0.15, 0.2) is 0 Å². The van der Waals surface area contributed by atoms with Gasteiger partial charge in [0.25, 0.3) is 0 Å². The summed E-state index contributed by atoms with van der Waals surface area (Å²) < 4.78 is 0. The summed E-state index contributed by atoms with van der Waals surface area (Å²) in [5.41, 5.74) is 5.73. The van der Waals surface area contributed by atoms with Crippen LogP contribution in [0.25, 0.3) is 0 Å². The van der Waals surface area contributed by atoms with Crippen molar-refractivity contribution in [2.45, 2.75) is 77.6 Å². The minimum Gasteiger partial charge on any atom is -0.330 e. The lowest BCUT2D eigenvalue weighted by atomic mass is 9.89. The second-order valence-electron chi connectivity index (χ2n) is 5.87. The normalized spacial score (nSPS) is 23.4. The van der Waals surface area contributed by atoms with Crippen LogP contribution in [0.2, 0.25) is 0 Å². The number of hydrogen-bond acceptors (Lipinski definition) is 2. The largest absolute Gasteiger partial charge is 0.330 e. The molecule has 1 fully saturated rings. The maximum atomic E-state index is 12.1. The second-order valence-corrected chi connectivity index (χ2v) is 5.87. The van der Waals surface area contributed by atoms with Crippen LogP contribution in [0.1, 0.15) is 77.6 Å². The van der Waals surface area contributed by atoms with Crippen molar-refractivity contribution in [3.63, 3.8) is 0 Å². The highest BCUT2D eigenvalue weighted by atomic mass is 16.1. The first kappa shape index (κ1) is 15.7. The molecular weight excluding hydrogens is 222 g/mol. The Morgan fingerprint density at radius 1 is 1.06 bits per heavy atom. The van der Waals surface area contributed by atoms with Gasteiger partial charge in [0.05, 0.1) is 0 Å². The second kappa shape index (κ2) is 9.55. The third-order valence-electron chi connectivity index (χ3n) is 4.40. The molecule has 2 heteroatoms. The lowest BCUT2D eigenvalue weighted by Crippen LogP contribution is -2.25. The Kier molecular flexibility index (Phi) is 8.32. The van der Waals surface area contributed by atoms with Crippen LogP contribution in [-0.2, 0) is 4.79 Å². The molecule has 0 bridgehead atoms. The monoisotopic (exact) mass is 253 g/mol. The molecule has 2 unspecified atom stereocenters. The van der Waals surface area contributed by atoms with Gasteiger partial charge in [-0.2, -0.15) is 0 Å². The van der Waals surface area contributed by atoms with E-state index in [2.05, 4.69) is 6.92 Å². The Bertz CT molecular complexity index is 227. The molecular formula is C16H31NO. The number of carbonyl (C=O) groups is 1. The summed E-state index contributed by atoms with van der Waals surface area (Å²) in [7, 11) is 0. The van der Waals surface area contributed by atoms with Crippen LogP contribution < -0.4 is 5.73 Å². The lowest BCUT2D eigenvalue weighted by molar-refractivity contribution is -0.123. The minimum absolute atomic E-state index is 0.301. The summed E-state index contributed by atoms with van der Waals surface area (Å²) in [6, 6.07) is 0. The van der Waals surface area contributed by atoms with Crippen LogP contribution in [0.5, 0.6) is 0 Å². The van der Waals surface area contributed by atoms with Gasteiger partial charge >= 0.3 is 0 Å². The van der Waals surface area contributed by atoms with Crippen molar-refractivity contribution < 1.29 is 4.79 Å². The van der Waals surface area contributed by atoms with E-state index < -0.39 is 0 Å². The fourth-order valence-electron chi connectivity index (χ4n) is 3.18. The van der Waals surface area contributed by atoms with E-state index in [-0.39, 0.29) is 0 Å². The van der Waals surface area contributed by atoms with E-state index in [1.165, 1.54) is 51.4 Å². The van der Waals surface area contributed by atoms with Gasteiger partial charge in [-0.15, -0.1) is 0 Å². The van der Waals surface area contributed by atoms with Gasteiger partial charge in [0, 0.05) is 12.3 Å². The number of Topliss-reactive ketones (excluding diaryl/α,β-unsaturated/α-hetero) is 1. The Labute approximate surface area is 113 Å². The average Bonchev–Trinajstić information content (AvgIpc) is 2.85. The van der Waals surface area contributed by atoms with Gasteiger partial charge in [-0.05, 0) is 31.7 Å². The van der Waals surface area contributed by atoms with Crippen molar-refractivity contribution >= 4 is 5.78 Å². The molecule has 1 saturated carbocycles. The topological polar surface area (TPSA) is 43.1 Å². The lowest BCUT2D eigenvalue weighted by Gasteiger charge is -2.16. The molecule has 18 heavy (non-hydrogen) atoms. The van der Waals surface area contributed by atoms with E-state index in [0.29, 0.717) is 24.2 Å². The summed E-state index contributed by atoms with van der Waals surface area (Å²) in [6.45, 7) is 2.95. The van der Waals surface area contributed by atoms with Gasteiger partial charge in [0.1, 0.15) is 5.78 Å². The van der Waals surface area contributed by atoms with Crippen molar-refractivity contribution in [1.29, 1.82) is 0 Å². The van der Waals surface area contributed by atoms with Crippen molar-refractivity contribution in [2.75, 3.05) is 6.54 Å². The van der Waals surface area contributed by atoms with Crippen molar-refractivity contribution in [3.8, 4) is 0 Å². The van der Waals surface area contributed by atoms with Gasteiger partial charge in [0.15, 0.2) is 0 Å². The highest BCUT2D eigenvalue weighted by molar-refractivity contribution is 5.81. The van der Waals surface area contributed by atoms with Crippen LogP contribution in [0.4, 0.5) is 0 Å². The quantitative estimate of drug-likeness (QED) is 0.596. The van der Waals surface area contributed by atoms with Crippen molar-refractivity contribution in [1.82, 2.24) is 0 Å². The summed E-state index contributed by atoms with van der Waals surface area (Å²) >= 11 is 0. The first-order chi connectivity index (χ1) is 8.79. The molecule has 0 aliphatic heterocycles. The maximum Gasteiger partial charge on any atom is 0.136 e. The smallest absolute Gasteiger partial charge is 0.136 e. The molecule has 2 nitrogen and oxygen atoms in total. The molecule has 0 radical (unpaired) electrons. The van der Waals surface area contributed by atoms with Gasteiger partial charge in [-0.3, -0.25) is 4.79 Å². The van der Waals surface area contributed by atoms with E-state index >= 15 is 0 Å². The fraction of sp³-hybridized carbons (Fsp3) is 0.938.